The van der Waals surface area contributed by atoms with Crippen molar-refractivity contribution in [2.75, 3.05) is 13.1 Å². The Morgan fingerprint density at radius 2 is 1.95 bits per heavy atom. The van der Waals surface area contributed by atoms with Crippen molar-refractivity contribution < 1.29 is 9.72 Å². The van der Waals surface area contributed by atoms with Gasteiger partial charge in [-0.15, -0.1) is 13.2 Å². The molecule has 6 heteroatoms. The maximum absolute atomic E-state index is 12.3. The van der Waals surface area contributed by atoms with Gasteiger partial charge in [-0.1, -0.05) is 12.2 Å². The Morgan fingerprint density at radius 3 is 2.42 bits per heavy atom. The molecule has 0 saturated carbocycles. The first-order valence-electron chi connectivity index (χ1n) is 5.46. The van der Waals surface area contributed by atoms with Crippen molar-refractivity contribution >= 4 is 34.2 Å². The van der Waals surface area contributed by atoms with Crippen LogP contribution in [0.3, 0.4) is 0 Å². The number of nitrogens with zero attached hydrogens (tertiary/aromatic N) is 2. The van der Waals surface area contributed by atoms with Crippen molar-refractivity contribution in [2.45, 2.75) is 0 Å². The molecule has 0 N–H and O–H groups in total. The molecule has 0 aliphatic rings. The summed E-state index contributed by atoms with van der Waals surface area (Å²) >= 11 is 1.98. The molecule has 0 spiro atoms. The topological polar surface area (TPSA) is 63.5 Å². The Balaban J connectivity index is 3.15. The van der Waals surface area contributed by atoms with Crippen molar-refractivity contribution in [3.63, 3.8) is 0 Å². The van der Waals surface area contributed by atoms with Crippen molar-refractivity contribution in [1.82, 2.24) is 4.90 Å². The summed E-state index contributed by atoms with van der Waals surface area (Å²) in [6.45, 7) is 7.91. The fourth-order valence-corrected chi connectivity index (χ4v) is 2.08. The summed E-state index contributed by atoms with van der Waals surface area (Å²) in [7, 11) is 0. The monoisotopic (exact) mass is 372 g/mol. The van der Waals surface area contributed by atoms with E-state index < -0.39 is 4.92 Å². The van der Waals surface area contributed by atoms with Gasteiger partial charge in [-0.2, -0.15) is 0 Å². The number of non-ortho nitro benzene ring substituents is 1. The van der Waals surface area contributed by atoms with Crippen LogP contribution in [-0.4, -0.2) is 28.8 Å². The second kappa shape index (κ2) is 7.03. The summed E-state index contributed by atoms with van der Waals surface area (Å²) in [5.41, 5.74) is 0.222. The van der Waals surface area contributed by atoms with Crippen LogP contribution in [0.2, 0.25) is 0 Å². The zero-order valence-corrected chi connectivity index (χ0v) is 12.4. The molecule has 0 unspecified atom stereocenters. The first kappa shape index (κ1) is 15.4. The largest absolute Gasteiger partial charge is 0.331 e. The molecule has 1 rings (SSSR count). The number of carbonyl (C=O) groups is 1. The number of carbonyl (C=O) groups excluding carboxylic acids is 1. The minimum atomic E-state index is -0.516. The zero-order chi connectivity index (χ0) is 14.4. The van der Waals surface area contributed by atoms with Crippen LogP contribution in [0.25, 0.3) is 0 Å². The molecule has 0 aliphatic carbocycles. The van der Waals surface area contributed by atoms with Gasteiger partial charge in [0.05, 0.1) is 10.5 Å². The lowest BCUT2D eigenvalue weighted by Crippen LogP contribution is -2.31. The lowest BCUT2D eigenvalue weighted by atomic mass is 10.1. The molecule has 1 aromatic carbocycles. The van der Waals surface area contributed by atoms with E-state index in [0.717, 1.165) is 0 Å². The van der Waals surface area contributed by atoms with Gasteiger partial charge in [-0.3, -0.25) is 14.9 Å². The molecule has 0 heterocycles. The second-order valence-corrected chi connectivity index (χ2v) is 4.87. The van der Waals surface area contributed by atoms with E-state index in [9.17, 15) is 14.9 Å². The van der Waals surface area contributed by atoms with Crippen molar-refractivity contribution in [1.29, 1.82) is 0 Å². The summed E-state index contributed by atoms with van der Waals surface area (Å²) in [5, 5.41) is 10.8. The Hall–Kier alpha value is -1.70. The van der Waals surface area contributed by atoms with Crippen LogP contribution in [0.1, 0.15) is 10.4 Å². The van der Waals surface area contributed by atoms with E-state index >= 15 is 0 Å². The third-order valence-corrected chi connectivity index (χ3v) is 3.32. The van der Waals surface area contributed by atoms with Crippen LogP contribution in [0, 0.1) is 13.7 Å². The van der Waals surface area contributed by atoms with E-state index in [0.29, 0.717) is 22.2 Å². The van der Waals surface area contributed by atoms with Gasteiger partial charge in [0.2, 0.25) is 0 Å². The fraction of sp³-hybridized carbons (Fsp3) is 0.154. The van der Waals surface area contributed by atoms with Crippen molar-refractivity contribution in [3.8, 4) is 0 Å². The first-order valence-corrected chi connectivity index (χ1v) is 6.54. The van der Waals surface area contributed by atoms with Crippen LogP contribution in [0.15, 0.2) is 43.5 Å². The number of nitro benzene ring substituents is 1. The first-order chi connectivity index (χ1) is 9.01. The minimum Gasteiger partial charge on any atom is -0.331 e. The fourth-order valence-electron chi connectivity index (χ4n) is 1.51. The number of rotatable bonds is 6. The molecule has 0 radical (unpaired) electrons. The van der Waals surface area contributed by atoms with Gasteiger partial charge in [0.25, 0.3) is 11.6 Å². The lowest BCUT2D eigenvalue weighted by Gasteiger charge is -2.19. The highest BCUT2D eigenvalue weighted by Gasteiger charge is 2.19. The van der Waals surface area contributed by atoms with E-state index in [1.165, 1.54) is 17.0 Å². The highest BCUT2D eigenvalue weighted by atomic mass is 127. The van der Waals surface area contributed by atoms with E-state index in [1.807, 2.05) is 22.6 Å². The van der Waals surface area contributed by atoms with Gasteiger partial charge in [0.1, 0.15) is 0 Å². The van der Waals surface area contributed by atoms with Gasteiger partial charge in [-0.05, 0) is 28.7 Å². The molecule has 0 aromatic heterocycles. The number of halogens is 1. The predicted octanol–water partition coefficient (Wildman–Crippen LogP) is 3.01. The van der Waals surface area contributed by atoms with E-state index in [1.54, 1.807) is 18.2 Å². The van der Waals surface area contributed by atoms with Crippen molar-refractivity contribution in [3.05, 3.63) is 62.8 Å². The van der Waals surface area contributed by atoms with Gasteiger partial charge < -0.3 is 4.90 Å². The van der Waals surface area contributed by atoms with E-state index in [4.69, 9.17) is 0 Å². The standard InChI is InChI=1S/C13H13IN2O3/c1-3-7-15(8-4-2)13(17)11-9-10(16(18)19)5-6-12(11)14/h3-6,9H,1-2,7-8H2. The summed E-state index contributed by atoms with van der Waals surface area (Å²) < 4.78 is 0.673. The molecule has 100 valence electrons. The number of benzene rings is 1. The number of hydrogen-bond donors (Lipinski definition) is 0. The summed E-state index contributed by atoms with van der Waals surface area (Å²) in [6, 6.07) is 4.24. The Morgan fingerprint density at radius 1 is 1.37 bits per heavy atom. The minimum absolute atomic E-state index is 0.0964. The average molecular weight is 372 g/mol. The third kappa shape index (κ3) is 3.88. The lowest BCUT2D eigenvalue weighted by molar-refractivity contribution is -0.384. The van der Waals surface area contributed by atoms with Crippen LogP contribution in [0.5, 0.6) is 0 Å². The normalized spacial score (nSPS) is 9.74. The highest BCUT2D eigenvalue weighted by molar-refractivity contribution is 14.1. The third-order valence-electron chi connectivity index (χ3n) is 2.38. The van der Waals surface area contributed by atoms with E-state index in [2.05, 4.69) is 13.2 Å². The van der Waals surface area contributed by atoms with Crippen LogP contribution < -0.4 is 0 Å². The smallest absolute Gasteiger partial charge is 0.270 e. The van der Waals surface area contributed by atoms with Crippen LogP contribution >= 0.6 is 22.6 Å². The Labute approximate surface area is 124 Å². The molecule has 0 atom stereocenters. The molecular weight excluding hydrogens is 359 g/mol. The SMILES string of the molecule is C=CCN(CC=C)C(=O)c1cc([N+](=O)[O-])ccc1I. The van der Waals surface area contributed by atoms with E-state index in [-0.39, 0.29) is 11.6 Å². The molecule has 0 saturated heterocycles. The molecule has 1 aromatic rings. The van der Waals surface area contributed by atoms with Crippen molar-refractivity contribution in [2.24, 2.45) is 0 Å². The summed E-state index contributed by atoms with van der Waals surface area (Å²) in [4.78, 5) is 24.1. The van der Waals surface area contributed by atoms with Gasteiger partial charge in [-0.25, -0.2) is 0 Å². The molecule has 5 nitrogen and oxygen atoms in total. The maximum atomic E-state index is 12.3. The molecule has 0 aliphatic heterocycles. The maximum Gasteiger partial charge on any atom is 0.270 e. The van der Waals surface area contributed by atoms with Crippen LogP contribution in [0.4, 0.5) is 5.69 Å². The molecular formula is C13H13IN2O3. The quantitative estimate of drug-likeness (QED) is 0.334. The summed E-state index contributed by atoms with van der Waals surface area (Å²) in [6.07, 6.45) is 3.21. The predicted molar refractivity (Wildman–Crippen MR) is 82.1 cm³/mol. The van der Waals surface area contributed by atoms with Gasteiger partial charge in [0.15, 0.2) is 0 Å². The Kier molecular flexibility index (Phi) is 5.68. The zero-order valence-electron chi connectivity index (χ0n) is 10.2. The molecule has 0 fully saturated rings. The number of nitro groups is 1. The number of amides is 1. The Bertz CT molecular complexity index is 519. The summed E-state index contributed by atoms with van der Waals surface area (Å²) in [5.74, 6) is -0.270. The average Bonchev–Trinajstić information content (AvgIpc) is 2.38. The van der Waals surface area contributed by atoms with Gasteiger partial charge in [0, 0.05) is 28.8 Å². The highest BCUT2D eigenvalue weighted by Crippen LogP contribution is 2.21. The van der Waals surface area contributed by atoms with Crippen LogP contribution in [-0.2, 0) is 0 Å². The number of hydrogen-bond acceptors (Lipinski definition) is 3. The van der Waals surface area contributed by atoms with Gasteiger partial charge >= 0.3 is 0 Å². The molecule has 0 bridgehead atoms. The second-order valence-electron chi connectivity index (χ2n) is 3.71. The molecule has 19 heavy (non-hydrogen) atoms. The molecule has 1 amide bonds.